The molecule has 62 valence electrons. The van der Waals surface area contributed by atoms with E-state index in [1.54, 1.807) is 0 Å². The van der Waals surface area contributed by atoms with E-state index in [4.69, 9.17) is 0 Å². The van der Waals surface area contributed by atoms with Gasteiger partial charge in [0.1, 0.15) is 0 Å². The molecule has 1 aromatic carbocycles. The molecule has 0 spiro atoms. The molecule has 0 unspecified atom stereocenters. The third-order valence-electron chi connectivity index (χ3n) is 1.91. The first-order valence-electron chi connectivity index (χ1n) is 3.93. The molecular formula is C9H10OP2. The van der Waals surface area contributed by atoms with Gasteiger partial charge in [-0.1, -0.05) is 30.3 Å². The molecule has 1 aliphatic rings. The van der Waals surface area contributed by atoms with E-state index in [2.05, 4.69) is 0 Å². The van der Waals surface area contributed by atoms with Crippen molar-refractivity contribution in [3.8, 4) is 0 Å². The normalized spacial score (nSPS) is 23.5. The Morgan fingerprint density at radius 1 is 1.25 bits per heavy atom. The zero-order chi connectivity index (χ0) is 8.39. The van der Waals surface area contributed by atoms with Gasteiger partial charge in [-0.15, -0.1) is 8.58 Å². The number of rotatable bonds is 2. The summed E-state index contributed by atoms with van der Waals surface area (Å²) in [4.78, 5) is 11.7. The number of hydrogen-bond acceptors (Lipinski definition) is 1. The third-order valence-corrected chi connectivity index (χ3v) is 7.59. The van der Waals surface area contributed by atoms with Crippen LogP contribution in [-0.2, 0) is 0 Å². The minimum absolute atomic E-state index is 0.262. The third kappa shape index (κ3) is 1.58. The molecule has 0 N–H and O–H groups in total. The van der Waals surface area contributed by atoms with Gasteiger partial charge in [0.25, 0.3) is 0 Å². The molecule has 1 heterocycles. The molecule has 1 fully saturated rings. The van der Waals surface area contributed by atoms with Gasteiger partial charge in [-0.05, 0) is 19.7 Å². The molecule has 0 atom stereocenters. The smallest absolute Gasteiger partial charge is 0.184 e. The molecule has 0 aliphatic carbocycles. The van der Waals surface area contributed by atoms with Crippen LogP contribution in [0.4, 0.5) is 0 Å². The van der Waals surface area contributed by atoms with E-state index < -0.39 is 0 Å². The Labute approximate surface area is 75.1 Å². The zero-order valence-electron chi connectivity index (χ0n) is 6.66. The molecule has 3 heteroatoms. The second-order valence-electron chi connectivity index (χ2n) is 2.78. The van der Waals surface area contributed by atoms with Crippen molar-refractivity contribution in [3.63, 3.8) is 0 Å². The van der Waals surface area contributed by atoms with Gasteiger partial charge >= 0.3 is 0 Å². The summed E-state index contributed by atoms with van der Waals surface area (Å²) in [6, 6.07) is 9.67. The largest absolute Gasteiger partial charge is 0.289 e. The first kappa shape index (κ1) is 8.35. The predicted molar refractivity (Wildman–Crippen MR) is 55.7 cm³/mol. The van der Waals surface area contributed by atoms with E-state index >= 15 is 0 Å². The fourth-order valence-electron chi connectivity index (χ4n) is 1.13. The zero-order valence-corrected chi connectivity index (χ0v) is 8.55. The number of benzene rings is 1. The Hall–Kier alpha value is -0.250. The summed E-state index contributed by atoms with van der Waals surface area (Å²) >= 11 is 0. The molecule has 1 aromatic rings. The lowest BCUT2D eigenvalue weighted by Gasteiger charge is -2.24. The molecule has 1 saturated heterocycles. The van der Waals surface area contributed by atoms with Crippen molar-refractivity contribution in [3.05, 3.63) is 35.9 Å². The summed E-state index contributed by atoms with van der Waals surface area (Å²) in [5.41, 5.74) is 1.32. The highest BCUT2D eigenvalue weighted by Gasteiger charge is 2.25. The maximum atomic E-state index is 11.7. The Kier molecular flexibility index (Phi) is 2.54. The van der Waals surface area contributed by atoms with Gasteiger partial charge in [0.15, 0.2) is 5.52 Å². The van der Waals surface area contributed by atoms with Crippen LogP contribution in [0.25, 0.3) is 0 Å². The highest BCUT2D eigenvalue weighted by molar-refractivity contribution is 7.93. The first-order chi connectivity index (χ1) is 5.88. The Balaban J connectivity index is 2.14. The quantitative estimate of drug-likeness (QED) is 0.664. The fourth-order valence-corrected chi connectivity index (χ4v) is 4.58. The average molecular weight is 196 g/mol. The van der Waals surface area contributed by atoms with E-state index in [-0.39, 0.29) is 7.92 Å². The maximum absolute atomic E-state index is 11.7. The lowest BCUT2D eigenvalue weighted by Crippen LogP contribution is -2.05. The van der Waals surface area contributed by atoms with Crippen LogP contribution in [0.3, 0.4) is 0 Å². The Bertz CT molecular complexity index is 280. The van der Waals surface area contributed by atoms with Crippen LogP contribution in [-0.4, -0.2) is 17.3 Å². The summed E-state index contributed by atoms with van der Waals surface area (Å²) in [6.45, 7) is 0. The van der Waals surface area contributed by atoms with Crippen molar-refractivity contribution in [1.29, 1.82) is 0 Å². The summed E-state index contributed by atoms with van der Waals surface area (Å²) in [7, 11) is 0.785. The molecule has 1 nitrogen and oxygen atoms in total. The van der Waals surface area contributed by atoms with Gasteiger partial charge in [-0.2, -0.15) is 0 Å². The number of carbonyl (C=O) groups excluding carboxylic acids is 1. The second-order valence-corrected chi connectivity index (χ2v) is 7.29. The summed E-state index contributed by atoms with van der Waals surface area (Å²) < 4.78 is 0. The number of carbonyl (C=O) groups is 1. The minimum Gasteiger partial charge on any atom is -0.289 e. The monoisotopic (exact) mass is 196 g/mol. The molecule has 0 saturated carbocycles. The van der Waals surface area contributed by atoms with Crippen LogP contribution in [0.5, 0.6) is 0 Å². The molecule has 2 rings (SSSR count). The fraction of sp³-hybridized carbons (Fsp3) is 0.222. The first-order valence-corrected chi connectivity index (χ1v) is 7.05. The van der Waals surface area contributed by atoms with Gasteiger partial charge in [0.05, 0.1) is 0 Å². The van der Waals surface area contributed by atoms with Gasteiger partial charge in [0, 0.05) is 5.56 Å². The van der Waals surface area contributed by atoms with Crippen LogP contribution < -0.4 is 0 Å². The topological polar surface area (TPSA) is 17.1 Å². The van der Waals surface area contributed by atoms with Gasteiger partial charge in [-0.3, -0.25) is 4.79 Å². The maximum Gasteiger partial charge on any atom is 0.184 e. The van der Waals surface area contributed by atoms with Gasteiger partial charge in [0.2, 0.25) is 0 Å². The minimum atomic E-state index is -0.262. The average Bonchev–Trinajstić information content (AvgIpc) is 2.03. The number of hydrogen-bond donors (Lipinski definition) is 0. The molecule has 0 amide bonds. The highest BCUT2D eigenvalue weighted by atomic mass is 31.2. The second kappa shape index (κ2) is 3.64. The SMILES string of the molecule is O=C(c1ccccc1)P1CPC1. The van der Waals surface area contributed by atoms with Crippen LogP contribution in [0.15, 0.2) is 30.3 Å². The van der Waals surface area contributed by atoms with E-state index in [0.717, 1.165) is 14.1 Å². The Morgan fingerprint density at radius 2 is 1.92 bits per heavy atom. The van der Waals surface area contributed by atoms with Crippen molar-refractivity contribution < 1.29 is 4.79 Å². The summed E-state index contributed by atoms with van der Waals surface area (Å²) in [6.07, 6.45) is 0. The lowest BCUT2D eigenvalue weighted by molar-refractivity contribution is 0.108. The van der Waals surface area contributed by atoms with E-state index in [9.17, 15) is 4.79 Å². The van der Waals surface area contributed by atoms with Crippen molar-refractivity contribution in [1.82, 2.24) is 0 Å². The molecule has 0 aromatic heterocycles. The lowest BCUT2D eigenvalue weighted by atomic mass is 10.2. The van der Waals surface area contributed by atoms with Gasteiger partial charge in [-0.25, -0.2) is 0 Å². The molecule has 0 radical (unpaired) electrons. The van der Waals surface area contributed by atoms with Crippen molar-refractivity contribution in [2.24, 2.45) is 0 Å². The summed E-state index contributed by atoms with van der Waals surface area (Å²) in [5, 5.41) is 0. The highest BCUT2D eigenvalue weighted by Crippen LogP contribution is 2.58. The van der Waals surface area contributed by atoms with Crippen LogP contribution in [0.2, 0.25) is 0 Å². The molecule has 1 aliphatic heterocycles. The van der Waals surface area contributed by atoms with Crippen molar-refractivity contribution in [2.45, 2.75) is 0 Å². The van der Waals surface area contributed by atoms with Crippen molar-refractivity contribution in [2.75, 3.05) is 11.8 Å². The standard InChI is InChI=1S/C9H10OP2/c10-9(12-6-11-7-12)8-4-2-1-3-5-8/h1-5,11H,6-7H2. The Morgan fingerprint density at radius 3 is 2.42 bits per heavy atom. The predicted octanol–water partition coefficient (Wildman–Crippen LogP) is 2.92. The van der Waals surface area contributed by atoms with E-state index in [0.29, 0.717) is 5.52 Å². The molecular weight excluding hydrogens is 186 g/mol. The van der Waals surface area contributed by atoms with E-state index in [1.165, 1.54) is 11.8 Å². The summed E-state index contributed by atoms with van der Waals surface area (Å²) in [5.74, 6) is 2.37. The van der Waals surface area contributed by atoms with Crippen molar-refractivity contribution >= 4 is 22.0 Å². The van der Waals surface area contributed by atoms with Crippen LogP contribution >= 0.6 is 16.5 Å². The van der Waals surface area contributed by atoms with Crippen LogP contribution in [0, 0.1) is 0 Å². The van der Waals surface area contributed by atoms with Crippen LogP contribution in [0.1, 0.15) is 10.4 Å². The van der Waals surface area contributed by atoms with Gasteiger partial charge < -0.3 is 0 Å². The molecule has 0 bridgehead atoms. The van der Waals surface area contributed by atoms with E-state index in [1.807, 2.05) is 30.3 Å². The molecule has 12 heavy (non-hydrogen) atoms.